The van der Waals surface area contributed by atoms with Crippen LogP contribution >= 0.6 is 0 Å². The lowest BCUT2D eigenvalue weighted by Crippen LogP contribution is -2.19. The van der Waals surface area contributed by atoms with Crippen molar-refractivity contribution in [2.45, 2.75) is 13.3 Å². The molecule has 0 aliphatic heterocycles. The zero-order valence-corrected chi connectivity index (χ0v) is 16.7. The largest absolute Gasteiger partial charge is 0.326 e. The Kier molecular flexibility index (Phi) is 7.28. The van der Waals surface area contributed by atoms with Gasteiger partial charge in [0.25, 0.3) is 5.91 Å². The fourth-order valence-corrected chi connectivity index (χ4v) is 2.68. The molecule has 30 heavy (non-hydrogen) atoms. The van der Waals surface area contributed by atoms with Gasteiger partial charge in [0.15, 0.2) is 0 Å². The lowest BCUT2D eigenvalue weighted by atomic mass is 10.1. The summed E-state index contributed by atoms with van der Waals surface area (Å²) in [6, 6.07) is 26.2. The van der Waals surface area contributed by atoms with Gasteiger partial charge in [0, 0.05) is 23.2 Å². The highest BCUT2D eigenvalue weighted by Crippen LogP contribution is 2.11. The average Bonchev–Trinajstić information content (AvgIpc) is 2.80. The predicted molar refractivity (Wildman–Crippen MR) is 121 cm³/mol. The summed E-state index contributed by atoms with van der Waals surface area (Å²) in [5.74, 6) is -0.403. The van der Waals surface area contributed by atoms with Crippen LogP contribution < -0.4 is 10.7 Å². The Hall–Kier alpha value is -3.99. The van der Waals surface area contributed by atoms with Crippen LogP contribution in [0.5, 0.6) is 0 Å². The minimum absolute atomic E-state index is 0.0745. The Morgan fingerprint density at radius 2 is 1.47 bits per heavy atom. The van der Waals surface area contributed by atoms with Gasteiger partial charge < -0.3 is 5.32 Å². The first-order valence-electron chi connectivity index (χ1n) is 9.72. The van der Waals surface area contributed by atoms with Crippen molar-refractivity contribution in [2.75, 3.05) is 5.32 Å². The maximum absolute atomic E-state index is 12.5. The van der Waals surface area contributed by atoms with E-state index >= 15 is 0 Å². The van der Waals surface area contributed by atoms with Gasteiger partial charge in [0.1, 0.15) is 0 Å². The van der Waals surface area contributed by atoms with Gasteiger partial charge in [-0.25, -0.2) is 5.43 Å². The summed E-state index contributed by atoms with van der Waals surface area (Å²) in [5, 5.41) is 7.08. The number of nitrogens with one attached hydrogen (secondary N) is 2. The van der Waals surface area contributed by atoms with E-state index in [-0.39, 0.29) is 11.8 Å². The van der Waals surface area contributed by atoms with Crippen molar-refractivity contribution >= 4 is 29.3 Å². The summed E-state index contributed by atoms with van der Waals surface area (Å²) in [7, 11) is 0. The minimum Gasteiger partial charge on any atom is -0.326 e. The number of anilines is 1. The number of nitrogens with zero attached hydrogens (tertiary/aromatic N) is 1. The van der Waals surface area contributed by atoms with E-state index in [4.69, 9.17) is 0 Å². The fourth-order valence-electron chi connectivity index (χ4n) is 2.68. The fraction of sp³-hybridized carbons (Fsp3) is 0.0800. The zero-order valence-electron chi connectivity index (χ0n) is 16.7. The first-order valence-corrected chi connectivity index (χ1v) is 9.72. The quantitative estimate of drug-likeness (QED) is 0.440. The van der Waals surface area contributed by atoms with Crippen LogP contribution in [0.25, 0.3) is 6.08 Å². The second-order valence-corrected chi connectivity index (χ2v) is 6.53. The van der Waals surface area contributed by atoms with Crippen molar-refractivity contribution in [3.8, 4) is 0 Å². The summed E-state index contributed by atoms with van der Waals surface area (Å²) in [6.45, 7) is 1.78. The Morgan fingerprint density at radius 3 is 2.10 bits per heavy atom. The van der Waals surface area contributed by atoms with Crippen LogP contribution in [0.4, 0.5) is 5.69 Å². The van der Waals surface area contributed by atoms with E-state index in [0.29, 0.717) is 23.4 Å². The first kappa shape index (κ1) is 20.7. The summed E-state index contributed by atoms with van der Waals surface area (Å²) < 4.78 is 0. The molecule has 0 atom stereocenters. The zero-order chi connectivity index (χ0) is 21.2. The summed E-state index contributed by atoms with van der Waals surface area (Å²) in [6.07, 6.45) is 4.22. The Bertz CT molecular complexity index is 1040. The van der Waals surface area contributed by atoms with Crippen molar-refractivity contribution in [3.05, 3.63) is 108 Å². The average molecular weight is 397 g/mol. The number of hydrogen-bond donors (Lipinski definition) is 2. The van der Waals surface area contributed by atoms with Gasteiger partial charge in [-0.15, -0.1) is 0 Å². The maximum Gasteiger partial charge on any atom is 0.271 e. The molecule has 0 saturated heterocycles. The number of benzene rings is 3. The van der Waals surface area contributed by atoms with Crippen LogP contribution in [0.3, 0.4) is 0 Å². The molecule has 0 spiro atoms. The van der Waals surface area contributed by atoms with E-state index in [0.717, 1.165) is 11.1 Å². The molecule has 3 aromatic rings. The number of rotatable bonds is 7. The molecule has 2 N–H and O–H groups in total. The molecule has 0 heterocycles. The van der Waals surface area contributed by atoms with Gasteiger partial charge in [-0.2, -0.15) is 5.10 Å². The monoisotopic (exact) mass is 397 g/mol. The van der Waals surface area contributed by atoms with Crippen LogP contribution in [-0.2, 0) is 4.79 Å². The number of carbonyl (C=O) groups is 2. The highest BCUT2D eigenvalue weighted by atomic mass is 16.2. The van der Waals surface area contributed by atoms with Crippen LogP contribution in [0.2, 0.25) is 0 Å². The van der Waals surface area contributed by atoms with Gasteiger partial charge in [-0.1, -0.05) is 73.7 Å². The number of amides is 2. The number of allylic oxidation sites excluding steroid dienone is 1. The molecule has 0 unspecified atom stereocenters. The van der Waals surface area contributed by atoms with Crippen LogP contribution in [0.15, 0.2) is 96.1 Å². The smallest absolute Gasteiger partial charge is 0.271 e. The molecule has 0 aliphatic carbocycles. The Labute approximate surface area is 176 Å². The molecular weight excluding hydrogens is 374 g/mol. The van der Waals surface area contributed by atoms with E-state index in [1.165, 1.54) is 0 Å². The van der Waals surface area contributed by atoms with Gasteiger partial charge in [0.2, 0.25) is 5.91 Å². The lowest BCUT2D eigenvalue weighted by Gasteiger charge is -2.06. The summed E-state index contributed by atoms with van der Waals surface area (Å²) in [5.41, 5.74) is 6.29. The molecule has 3 rings (SSSR count). The van der Waals surface area contributed by atoms with Gasteiger partial charge in [0.05, 0.1) is 5.71 Å². The predicted octanol–water partition coefficient (Wildman–Crippen LogP) is 4.88. The molecule has 5 nitrogen and oxygen atoms in total. The lowest BCUT2D eigenvalue weighted by molar-refractivity contribution is -0.115. The molecular formula is C25H23N3O2. The molecule has 0 bridgehead atoms. The standard InChI is InChI=1S/C25H23N3O2/c1-2-24(29)26-22-16-14-21(15-17-22)25(30)28-27-23(20-11-7-4-8-12-20)18-13-19-9-5-3-6-10-19/h3-18H,2H2,1H3,(H,26,29)(H,28,30)/b18-13+,27-23-. The molecule has 0 saturated carbocycles. The van der Waals surface area contributed by atoms with Gasteiger partial charge >= 0.3 is 0 Å². The highest BCUT2D eigenvalue weighted by Gasteiger charge is 2.07. The van der Waals surface area contributed by atoms with Gasteiger partial charge in [-0.3, -0.25) is 9.59 Å². The number of carbonyl (C=O) groups excluding carboxylic acids is 2. The van der Waals surface area contributed by atoms with Crippen molar-refractivity contribution in [2.24, 2.45) is 5.10 Å². The minimum atomic E-state index is -0.329. The molecule has 0 aromatic heterocycles. The number of hydrogen-bond acceptors (Lipinski definition) is 3. The van der Waals surface area contributed by atoms with E-state index < -0.39 is 0 Å². The van der Waals surface area contributed by atoms with Crippen LogP contribution in [0, 0.1) is 0 Å². The topological polar surface area (TPSA) is 70.6 Å². The maximum atomic E-state index is 12.5. The van der Waals surface area contributed by atoms with Gasteiger partial charge in [-0.05, 0) is 35.9 Å². The van der Waals surface area contributed by atoms with E-state index in [1.54, 1.807) is 31.2 Å². The Balaban J connectivity index is 1.75. The molecule has 0 radical (unpaired) electrons. The molecule has 2 amide bonds. The third-order valence-electron chi connectivity index (χ3n) is 4.33. The third kappa shape index (κ3) is 6.01. The normalized spacial score (nSPS) is 11.3. The van der Waals surface area contributed by atoms with Crippen LogP contribution in [-0.4, -0.2) is 17.5 Å². The van der Waals surface area contributed by atoms with Crippen molar-refractivity contribution in [1.29, 1.82) is 0 Å². The summed E-state index contributed by atoms with van der Waals surface area (Å²) in [4.78, 5) is 24.0. The Morgan fingerprint density at radius 1 is 0.833 bits per heavy atom. The van der Waals surface area contributed by atoms with Crippen LogP contribution in [0.1, 0.15) is 34.8 Å². The molecule has 0 fully saturated rings. The van der Waals surface area contributed by atoms with E-state index in [2.05, 4.69) is 15.8 Å². The van der Waals surface area contributed by atoms with Crippen molar-refractivity contribution < 1.29 is 9.59 Å². The second kappa shape index (κ2) is 10.5. The van der Waals surface area contributed by atoms with Crippen molar-refractivity contribution in [1.82, 2.24) is 5.43 Å². The summed E-state index contributed by atoms with van der Waals surface area (Å²) >= 11 is 0. The molecule has 3 aromatic carbocycles. The van der Waals surface area contributed by atoms with Crippen molar-refractivity contribution in [3.63, 3.8) is 0 Å². The SMILES string of the molecule is CCC(=O)Nc1ccc(C(=O)N/N=C(/C=C/c2ccccc2)c2ccccc2)cc1. The molecule has 5 heteroatoms. The third-order valence-corrected chi connectivity index (χ3v) is 4.33. The second-order valence-electron chi connectivity index (χ2n) is 6.53. The molecule has 0 aliphatic rings. The number of hydrazone groups is 1. The first-order chi connectivity index (χ1) is 14.7. The highest BCUT2D eigenvalue weighted by molar-refractivity contribution is 6.11. The van der Waals surface area contributed by atoms with E-state index in [1.807, 2.05) is 72.8 Å². The molecule has 150 valence electrons. The van der Waals surface area contributed by atoms with E-state index in [9.17, 15) is 9.59 Å².